The summed E-state index contributed by atoms with van der Waals surface area (Å²) < 4.78 is 5.67. The second kappa shape index (κ2) is 8.03. The molecule has 0 fully saturated rings. The summed E-state index contributed by atoms with van der Waals surface area (Å²) in [6.45, 7) is 6.96. The zero-order valence-electron chi connectivity index (χ0n) is 15.3. The van der Waals surface area contributed by atoms with Crippen LogP contribution in [0.1, 0.15) is 20.8 Å². The maximum absolute atomic E-state index is 10.00. The number of hydrogen-bond acceptors (Lipinski definition) is 5. The molecule has 1 atom stereocenters. The summed E-state index contributed by atoms with van der Waals surface area (Å²) in [5.41, 5.74) is 1.99. The Morgan fingerprint density at radius 3 is 2.65 bits per heavy atom. The van der Waals surface area contributed by atoms with Crippen molar-refractivity contribution in [2.45, 2.75) is 32.4 Å². The number of ether oxygens (including phenoxy) is 1. The summed E-state index contributed by atoms with van der Waals surface area (Å²) in [6.07, 6.45) is 1.30. The van der Waals surface area contributed by atoms with Crippen LogP contribution >= 0.6 is 11.3 Å². The van der Waals surface area contributed by atoms with Crippen LogP contribution in [-0.4, -0.2) is 39.9 Å². The van der Waals surface area contributed by atoms with Gasteiger partial charge in [0.2, 0.25) is 0 Å². The highest BCUT2D eigenvalue weighted by Crippen LogP contribution is 2.26. The van der Waals surface area contributed by atoms with Gasteiger partial charge in [0, 0.05) is 17.6 Å². The third-order valence-electron chi connectivity index (χ3n) is 3.80. The normalized spacial score (nSPS) is 12.9. The number of nitrogens with one attached hydrogen (secondary N) is 2. The average Bonchev–Trinajstić information content (AvgIpc) is 3.29. The van der Waals surface area contributed by atoms with Gasteiger partial charge < -0.3 is 20.1 Å². The van der Waals surface area contributed by atoms with Crippen LogP contribution in [0.15, 0.2) is 48.0 Å². The molecule has 138 valence electrons. The molecule has 3 aromatic rings. The molecule has 0 radical (unpaired) electrons. The van der Waals surface area contributed by atoms with Crippen molar-refractivity contribution in [3.8, 4) is 27.7 Å². The first kappa shape index (κ1) is 18.6. The molecule has 0 unspecified atom stereocenters. The molecule has 6 heteroatoms. The van der Waals surface area contributed by atoms with Gasteiger partial charge >= 0.3 is 0 Å². The molecule has 5 nitrogen and oxygen atoms in total. The van der Waals surface area contributed by atoms with E-state index in [1.807, 2.05) is 41.9 Å². The number of thiophene rings is 1. The molecular weight excluding hydrogens is 346 g/mol. The molecule has 2 heterocycles. The number of β-amino-alcohol motifs (C(OH)–C–C–N with tert-alkyl or cyclic N) is 1. The Morgan fingerprint density at radius 1 is 1.23 bits per heavy atom. The molecule has 2 aromatic heterocycles. The lowest BCUT2D eigenvalue weighted by Gasteiger charge is -2.22. The van der Waals surface area contributed by atoms with Crippen LogP contribution in [0.4, 0.5) is 0 Å². The van der Waals surface area contributed by atoms with Crippen molar-refractivity contribution in [2.75, 3.05) is 13.2 Å². The van der Waals surface area contributed by atoms with Gasteiger partial charge in [-0.05, 0) is 56.5 Å². The Bertz CT molecular complexity index is 804. The zero-order valence-corrected chi connectivity index (χ0v) is 16.1. The van der Waals surface area contributed by atoms with Crippen molar-refractivity contribution in [1.29, 1.82) is 0 Å². The van der Waals surface area contributed by atoms with Crippen molar-refractivity contribution < 1.29 is 9.84 Å². The molecule has 3 rings (SSSR count). The first-order valence-electron chi connectivity index (χ1n) is 8.66. The van der Waals surface area contributed by atoms with Gasteiger partial charge in [0.05, 0.1) is 16.8 Å². The third-order valence-corrected chi connectivity index (χ3v) is 4.70. The molecule has 0 bridgehead atoms. The third kappa shape index (κ3) is 5.17. The molecule has 0 aliphatic carbocycles. The van der Waals surface area contributed by atoms with Gasteiger partial charge in [-0.3, -0.25) is 0 Å². The minimum Gasteiger partial charge on any atom is -0.491 e. The van der Waals surface area contributed by atoms with E-state index in [2.05, 4.69) is 42.1 Å². The van der Waals surface area contributed by atoms with Crippen LogP contribution in [0, 0.1) is 0 Å². The van der Waals surface area contributed by atoms with Crippen LogP contribution < -0.4 is 10.1 Å². The topological polar surface area (TPSA) is 70.2 Å². The van der Waals surface area contributed by atoms with Gasteiger partial charge in [-0.2, -0.15) is 0 Å². The quantitative estimate of drug-likeness (QED) is 0.588. The van der Waals surface area contributed by atoms with E-state index < -0.39 is 6.10 Å². The second-order valence-corrected chi connectivity index (χ2v) is 8.19. The number of aromatic nitrogens is 2. The number of rotatable bonds is 7. The number of imidazole rings is 1. The fourth-order valence-corrected chi connectivity index (χ4v) is 3.10. The molecule has 0 saturated heterocycles. The van der Waals surface area contributed by atoms with Gasteiger partial charge in [-0.1, -0.05) is 6.07 Å². The fraction of sp³-hybridized carbons (Fsp3) is 0.350. The lowest BCUT2D eigenvalue weighted by atomic mass is 10.1. The Labute approximate surface area is 158 Å². The number of aliphatic hydroxyl groups excluding tert-OH is 1. The maximum Gasteiger partial charge on any atom is 0.137 e. The summed E-state index contributed by atoms with van der Waals surface area (Å²) in [5, 5.41) is 15.3. The highest BCUT2D eigenvalue weighted by molar-refractivity contribution is 7.13. The van der Waals surface area contributed by atoms with Crippen LogP contribution in [0.25, 0.3) is 22.0 Å². The fourth-order valence-electron chi connectivity index (χ4n) is 2.41. The predicted molar refractivity (Wildman–Crippen MR) is 107 cm³/mol. The molecule has 0 spiro atoms. The summed E-state index contributed by atoms with van der Waals surface area (Å²) >= 11 is 1.68. The highest BCUT2D eigenvalue weighted by atomic mass is 32.1. The lowest BCUT2D eigenvalue weighted by molar-refractivity contribution is 0.100. The smallest absolute Gasteiger partial charge is 0.137 e. The van der Waals surface area contributed by atoms with Crippen molar-refractivity contribution in [1.82, 2.24) is 15.3 Å². The number of aliphatic hydroxyl groups is 1. The standard InChI is InChI=1S/C20H25N3O2S/c1-20(2,3)22-11-15(24)13-25-16-8-6-14(7-9-16)19-21-12-17(23-19)18-5-4-10-26-18/h4-10,12,15,22,24H,11,13H2,1-3H3,(H,21,23)/t15-/m0/s1. The average molecular weight is 372 g/mol. The van der Waals surface area contributed by atoms with Crippen molar-refractivity contribution in [2.24, 2.45) is 0 Å². The maximum atomic E-state index is 10.00. The minimum absolute atomic E-state index is 0.0202. The van der Waals surface area contributed by atoms with E-state index in [9.17, 15) is 5.11 Å². The zero-order chi connectivity index (χ0) is 18.6. The van der Waals surface area contributed by atoms with E-state index in [0.717, 1.165) is 22.8 Å². The minimum atomic E-state index is -0.549. The molecule has 0 aliphatic rings. The van der Waals surface area contributed by atoms with Gasteiger partial charge in [0.15, 0.2) is 0 Å². The van der Waals surface area contributed by atoms with Gasteiger partial charge in [-0.15, -0.1) is 11.3 Å². The largest absolute Gasteiger partial charge is 0.491 e. The summed E-state index contributed by atoms with van der Waals surface area (Å²) in [4.78, 5) is 8.97. The monoisotopic (exact) mass is 371 g/mol. The highest BCUT2D eigenvalue weighted by Gasteiger charge is 2.13. The van der Waals surface area contributed by atoms with Crippen molar-refractivity contribution in [3.05, 3.63) is 48.0 Å². The number of aromatic amines is 1. The van der Waals surface area contributed by atoms with E-state index in [1.54, 1.807) is 11.3 Å². The Hall–Kier alpha value is -2.15. The first-order valence-corrected chi connectivity index (χ1v) is 9.54. The Balaban J connectivity index is 1.55. The molecule has 26 heavy (non-hydrogen) atoms. The molecule has 0 saturated carbocycles. The summed E-state index contributed by atoms with van der Waals surface area (Å²) in [5.74, 6) is 1.56. The van der Waals surface area contributed by atoms with Crippen LogP contribution in [0.5, 0.6) is 5.75 Å². The molecule has 3 N–H and O–H groups in total. The van der Waals surface area contributed by atoms with Crippen LogP contribution in [0.3, 0.4) is 0 Å². The van der Waals surface area contributed by atoms with Crippen LogP contribution in [0.2, 0.25) is 0 Å². The number of benzene rings is 1. The molecular formula is C20H25N3O2S. The SMILES string of the molecule is CC(C)(C)NC[C@H](O)COc1ccc(-c2ncc(-c3cccs3)[nH]2)cc1. The molecule has 0 amide bonds. The lowest BCUT2D eigenvalue weighted by Crippen LogP contribution is -2.42. The van der Waals surface area contributed by atoms with Crippen molar-refractivity contribution >= 4 is 11.3 Å². The van der Waals surface area contributed by atoms with Gasteiger partial charge in [-0.25, -0.2) is 4.98 Å². The predicted octanol–water partition coefficient (Wildman–Crippen LogP) is 3.93. The summed E-state index contributed by atoms with van der Waals surface area (Å²) in [6, 6.07) is 11.8. The van der Waals surface area contributed by atoms with E-state index in [0.29, 0.717) is 6.54 Å². The molecule has 1 aromatic carbocycles. The van der Waals surface area contributed by atoms with E-state index in [1.165, 1.54) is 4.88 Å². The number of hydrogen-bond donors (Lipinski definition) is 3. The van der Waals surface area contributed by atoms with E-state index >= 15 is 0 Å². The van der Waals surface area contributed by atoms with Crippen molar-refractivity contribution in [3.63, 3.8) is 0 Å². The van der Waals surface area contributed by atoms with Gasteiger partial charge in [0.25, 0.3) is 0 Å². The number of nitrogens with zero attached hydrogens (tertiary/aromatic N) is 1. The number of H-pyrrole nitrogens is 1. The summed E-state index contributed by atoms with van der Waals surface area (Å²) in [7, 11) is 0. The Kier molecular flexibility index (Phi) is 5.76. The van der Waals surface area contributed by atoms with Crippen LogP contribution in [-0.2, 0) is 0 Å². The second-order valence-electron chi connectivity index (χ2n) is 7.24. The van der Waals surface area contributed by atoms with Gasteiger partial charge in [0.1, 0.15) is 24.3 Å². The Morgan fingerprint density at radius 2 is 2.00 bits per heavy atom. The molecule has 0 aliphatic heterocycles. The van der Waals surface area contributed by atoms with E-state index in [-0.39, 0.29) is 12.1 Å². The first-order chi connectivity index (χ1) is 12.4. The van der Waals surface area contributed by atoms with E-state index in [4.69, 9.17) is 4.74 Å².